The van der Waals surface area contributed by atoms with Gasteiger partial charge in [0.05, 0.1) is 5.69 Å². The third-order valence-corrected chi connectivity index (χ3v) is 3.51. The number of aromatic amines is 1. The van der Waals surface area contributed by atoms with Crippen LogP contribution in [-0.2, 0) is 10.3 Å². The Bertz CT molecular complexity index is 464. The molecule has 1 aromatic rings. The summed E-state index contributed by atoms with van der Waals surface area (Å²) in [4.78, 5) is 18.1. The van der Waals surface area contributed by atoms with Crippen molar-refractivity contribution in [1.82, 2.24) is 9.97 Å². The maximum atomic E-state index is 13.3. The van der Waals surface area contributed by atoms with Crippen molar-refractivity contribution >= 4 is 0 Å². The molecule has 94 valence electrons. The van der Waals surface area contributed by atoms with Gasteiger partial charge in [-0.3, -0.25) is 4.79 Å². The summed E-state index contributed by atoms with van der Waals surface area (Å²) in [5.41, 5.74) is -1.13. The van der Waals surface area contributed by atoms with Gasteiger partial charge in [-0.25, -0.2) is 4.98 Å². The molecule has 0 unspecified atom stereocenters. The second-order valence-electron chi connectivity index (χ2n) is 4.57. The lowest BCUT2D eigenvalue weighted by atomic mass is 9.84. The third-order valence-electron chi connectivity index (χ3n) is 3.51. The van der Waals surface area contributed by atoms with Crippen molar-refractivity contribution < 1.29 is 9.13 Å². The fraction of sp³-hybridized carbons (Fsp3) is 0.667. The molecule has 2 rings (SSSR count). The molecule has 1 aromatic heterocycles. The smallest absolute Gasteiger partial charge is 0.287 e. The normalized spacial score (nSPS) is 19.2. The first-order valence-electron chi connectivity index (χ1n) is 5.91. The predicted octanol–water partition coefficient (Wildman–Crippen LogP) is 2.02. The first-order valence-corrected chi connectivity index (χ1v) is 5.91. The molecule has 1 aliphatic rings. The fourth-order valence-electron chi connectivity index (χ4n) is 2.45. The van der Waals surface area contributed by atoms with E-state index in [1.807, 2.05) is 0 Å². The summed E-state index contributed by atoms with van der Waals surface area (Å²) >= 11 is 0. The van der Waals surface area contributed by atoms with Crippen molar-refractivity contribution in [1.29, 1.82) is 0 Å². The molecular weight excluding hydrogens is 223 g/mol. The Morgan fingerprint density at radius 3 is 2.53 bits per heavy atom. The van der Waals surface area contributed by atoms with Crippen LogP contribution >= 0.6 is 0 Å². The van der Waals surface area contributed by atoms with E-state index in [0.29, 0.717) is 5.82 Å². The minimum Gasteiger partial charge on any atom is -0.370 e. The average molecular weight is 240 g/mol. The summed E-state index contributed by atoms with van der Waals surface area (Å²) in [5, 5.41) is 0. The lowest BCUT2D eigenvalue weighted by Crippen LogP contribution is -2.36. The summed E-state index contributed by atoms with van der Waals surface area (Å²) in [5.74, 6) is -0.348. The standard InChI is InChI=1S/C12H17FN2O2/c1-8-9(13)10(16)15-11(14-8)12(17-2)6-4-3-5-7-12/h3-7H2,1-2H3,(H,14,15,16). The Hall–Kier alpha value is -1.23. The number of H-pyrrole nitrogens is 1. The van der Waals surface area contributed by atoms with Crippen LogP contribution in [0.15, 0.2) is 4.79 Å². The quantitative estimate of drug-likeness (QED) is 0.860. The molecule has 0 amide bonds. The van der Waals surface area contributed by atoms with Crippen LogP contribution in [0.4, 0.5) is 4.39 Å². The van der Waals surface area contributed by atoms with Crippen molar-refractivity contribution in [2.45, 2.75) is 44.6 Å². The molecule has 1 fully saturated rings. The number of methoxy groups -OCH3 is 1. The van der Waals surface area contributed by atoms with Gasteiger partial charge in [0.25, 0.3) is 5.56 Å². The molecule has 1 N–H and O–H groups in total. The molecule has 0 aromatic carbocycles. The fourth-order valence-corrected chi connectivity index (χ4v) is 2.45. The van der Waals surface area contributed by atoms with E-state index >= 15 is 0 Å². The number of hydrogen-bond donors (Lipinski definition) is 1. The van der Waals surface area contributed by atoms with Gasteiger partial charge in [0.15, 0.2) is 0 Å². The Balaban J connectivity index is 2.47. The Labute approximate surface area is 99.2 Å². The SMILES string of the molecule is COC1(c2nc(C)c(F)c(=O)[nH]2)CCCCC1. The van der Waals surface area contributed by atoms with Crippen LogP contribution in [0.2, 0.25) is 0 Å². The zero-order valence-corrected chi connectivity index (χ0v) is 10.2. The highest BCUT2D eigenvalue weighted by Crippen LogP contribution is 2.37. The van der Waals surface area contributed by atoms with Gasteiger partial charge in [0, 0.05) is 7.11 Å². The second-order valence-corrected chi connectivity index (χ2v) is 4.57. The van der Waals surface area contributed by atoms with Crippen LogP contribution in [0.3, 0.4) is 0 Å². The van der Waals surface area contributed by atoms with Gasteiger partial charge in [-0.15, -0.1) is 0 Å². The van der Waals surface area contributed by atoms with E-state index in [0.717, 1.165) is 32.1 Å². The molecule has 0 saturated heterocycles. The number of ether oxygens (including phenoxy) is 1. The lowest BCUT2D eigenvalue weighted by Gasteiger charge is -2.34. The van der Waals surface area contributed by atoms with E-state index in [2.05, 4.69) is 9.97 Å². The highest BCUT2D eigenvalue weighted by molar-refractivity contribution is 5.10. The zero-order chi connectivity index (χ0) is 12.5. The van der Waals surface area contributed by atoms with E-state index in [9.17, 15) is 9.18 Å². The minimum atomic E-state index is -0.809. The first kappa shape index (κ1) is 12.2. The highest BCUT2D eigenvalue weighted by atomic mass is 19.1. The van der Waals surface area contributed by atoms with Crippen molar-refractivity contribution in [2.24, 2.45) is 0 Å². The second kappa shape index (κ2) is 4.56. The number of nitrogens with one attached hydrogen (secondary N) is 1. The molecule has 0 radical (unpaired) electrons. The number of nitrogens with zero attached hydrogens (tertiary/aromatic N) is 1. The molecule has 0 aliphatic heterocycles. The largest absolute Gasteiger partial charge is 0.370 e. The van der Waals surface area contributed by atoms with E-state index < -0.39 is 17.0 Å². The predicted molar refractivity (Wildman–Crippen MR) is 61.3 cm³/mol. The summed E-state index contributed by atoms with van der Waals surface area (Å²) in [6, 6.07) is 0. The van der Waals surface area contributed by atoms with Gasteiger partial charge in [-0.05, 0) is 19.8 Å². The van der Waals surface area contributed by atoms with E-state index in [1.54, 1.807) is 7.11 Å². The molecule has 0 atom stereocenters. The van der Waals surface area contributed by atoms with Crippen LogP contribution in [-0.4, -0.2) is 17.1 Å². The summed E-state index contributed by atoms with van der Waals surface area (Å²) in [6.45, 7) is 1.50. The number of halogens is 1. The molecule has 5 heteroatoms. The van der Waals surface area contributed by atoms with Gasteiger partial charge in [-0.2, -0.15) is 4.39 Å². The molecule has 1 aliphatic carbocycles. The maximum Gasteiger partial charge on any atom is 0.287 e. The van der Waals surface area contributed by atoms with Crippen molar-refractivity contribution in [3.8, 4) is 0 Å². The average Bonchev–Trinajstić information content (AvgIpc) is 2.36. The number of aryl methyl sites for hydroxylation is 1. The van der Waals surface area contributed by atoms with Gasteiger partial charge in [-0.1, -0.05) is 19.3 Å². The minimum absolute atomic E-state index is 0.130. The number of aromatic nitrogens is 2. The van der Waals surface area contributed by atoms with Gasteiger partial charge in [0.1, 0.15) is 11.4 Å². The van der Waals surface area contributed by atoms with Crippen LogP contribution in [0.5, 0.6) is 0 Å². The Morgan fingerprint density at radius 1 is 1.35 bits per heavy atom. The monoisotopic (exact) mass is 240 g/mol. The van der Waals surface area contributed by atoms with Crippen LogP contribution in [0.25, 0.3) is 0 Å². The van der Waals surface area contributed by atoms with Gasteiger partial charge < -0.3 is 9.72 Å². The van der Waals surface area contributed by atoms with Crippen LogP contribution in [0, 0.1) is 12.7 Å². The molecule has 17 heavy (non-hydrogen) atoms. The molecule has 1 saturated carbocycles. The first-order chi connectivity index (χ1) is 8.09. The van der Waals surface area contributed by atoms with Gasteiger partial charge >= 0.3 is 0 Å². The van der Waals surface area contributed by atoms with E-state index in [4.69, 9.17) is 4.74 Å². The summed E-state index contributed by atoms with van der Waals surface area (Å²) in [7, 11) is 1.62. The molecule has 0 spiro atoms. The van der Waals surface area contributed by atoms with Crippen LogP contribution < -0.4 is 5.56 Å². The molecule has 0 bridgehead atoms. The summed E-state index contributed by atoms with van der Waals surface area (Å²) in [6.07, 6.45) is 4.87. The Morgan fingerprint density at radius 2 is 2.00 bits per heavy atom. The van der Waals surface area contributed by atoms with Crippen molar-refractivity contribution in [3.63, 3.8) is 0 Å². The third kappa shape index (κ3) is 2.11. The van der Waals surface area contributed by atoms with Crippen molar-refractivity contribution in [3.05, 3.63) is 27.7 Å². The Kier molecular flexibility index (Phi) is 3.28. The highest BCUT2D eigenvalue weighted by Gasteiger charge is 2.36. The van der Waals surface area contributed by atoms with E-state index in [1.165, 1.54) is 6.92 Å². The molecular formula is C12H17FN2O2. The van der Waals surface area contributed by atoms with E-state index in [-0.39, 0.29) is 5.69 Å². The van der Waals surface area contributed by atoms with Crippen LogP contribution in [0.1, 0.15) is 43.6 Å². The maximum absolute atomic E-state index is 13.3. The topological polar surface area (TPSA) is 55.0 Å². The molecule has 4 nitrogen and oxygen atoms in total. The van der Waals surface area contributed by atoms with Gasteiger partial charge in [0.2, 0.25) is 5.82 Å². The van der Waals surface area contributed by atoms with Crippen molar-refractivity contribution in [2.75, 3.05) is 7.11 Å². The molecule has 1 heterocycles. The lowest BCUT2D eigenvalue weighted by molar-refractivity contribution is -0.0519. The number of hydrogen-bond acceptors (Lipinski definition) is 3. The number of rotatable bonds is 2. The summed E-state index contributed by atoms with van der Waals surface area (Å²) < 4.78 is 18.8. The zero-order valence-electron chi connectivity index (χ0n) is 10.2.